The number of nitrogens with zero attached hydrogens (tertiary/aromatic N) is 2. The number of thiophene rings is 1. The third-order valence-electron chi connectivity index (χ3n) is 4.64. The summed E-state index contributed by atoms with van der Waals surface area (Å²) in [5, 5.41) is 8.38. The van der Waals surface area contributed by atoms with Crippen LogP contribution in [-0.4, -0.2) is 34.9 Å². The van der Waals surface area contributed by atoms with Gasteiger partial charge in [0.15, 0.2) is 12.3 Å². The van der Waals surface area contributed by atoms with Crippen molar-refractivity contribution in [2.24, 2.45) is 0 Å². The van der Waals surface area contributed by atoms with Gasteiger partial charge in [0.2, 0.25) is 0 Å². The average Bonchev–Trinajstić information content (AvgIpc) is 3.24. The Balaban J connectivity index is 1.72. The molecule has 0 saturated heterocycles. The van der Waals surface area contributed by atoms with Crippen molar-refractivity contribution in [2.45, 2.75) is 6.92 Å². The van der Waals surface area contributed by atoms with Crippen LogP contribution >= 0.6 is 11.3 Å². The molecule has 11 heteroatoms. The summed E-state index contributed by atoms with van der Waals surface area (Å²) in [5.74, 6) is -2.28. The maximum Gasteiger partial charge on any atom is 0.359 e. The van der Waals surface area contributed by atoms with Crippen molar-refractivity contribution in [1.29, 1.82) is 0 Å². The quantitative estimate of drug-likeness (QED) is 0.399. The lowest BCUT2D eigenvalue weighted by atomic mass is 10.2. The maximum absolute atomic E-state index is 14.4. The van der Waals surface area contributed by atoms with Crippen LogP contribution in [0.2, 0.25) is 0 Å². The van der Waals surface area contributed by atoms with Crippen LogP contribution in [0, 0.1) is 11.6 Å². The van der Waals surface area contributed by atoms with Crippen molar-refractivity contribution in [2.75, 3.05) is 18.5 Å². The van der Waals surface area contributed by atoms with Gasteiger partial charge in [0.05, 0.1) is 12.0 Å². The minimum atomic E-state index is -0.798. The molecule has 1 amide bonds. The Kier molecular flexibility index (Phi) is 6.64. The standard InChI is InChI=1S/C23H17F2N3O5S/c1-2-32-23(31)20-15-12-34-21(26-18(29)11-33-14-9-7-13(24)8-10-14)19(15)22(30)28(27-20)17-6-4-3-5-16(17)25/h3-10,12H,2,11H2,1H3,(H,26,29). The first-order valence-electron chi connectivity index (χ1n) is 10.0. The Bertz CT molecular complexity index is 1430. The summed E-state index contributed by atoms with van der Waals surface area (Å²) in [5.41, 5.74) is -1.09. The van der Waals surface area contributed by atoms with E-state index in [0.717, 1.165) is 22.1 Å². The van der Waals surface area contributed by atoms with Crippen LogP contribution in [0.15, 0.2) is 58.7 Å². The number of nitrogens with one attached hydrogen (secondary N) is 1. The van der Waals surface area contributed by atoms with Gasteiger partial charge in [0.1, 0.15) is 28.1 Å². The van der Waals surface area contributed by atoms with E-state index in [4.69, 9.17) is 9.47 Å². The number of para-hydroxylation sites is 1. The largest absolute Gasteiger partial charge is 0.484 e. The Morgan fingerprint density at radius 2 is 1.85 bits per heavy atom. The van der Waals surface area contributed by atoms with E-state index in [1.54, 1.807) is 6.92 Å². The molecule has 0 aliphatic carbocycles. The van der Waals surface area contributed by atoms with E-state index in [2.05, 4.69) is 10.4 Å². The second kappa shape index (κ2) is 9.79. The number of hydrogen-bond donors (Lipinski definition) is 1. The van der Waals surface area contributed by atoms with Crippen molar-refractivity contribution < 1.29 is 27.8 Å². The Hall–Kier alpha value is -4.12. The summed E-state index contributed by atoms with van der Waals surface area (Å²) >= 11 is 0.995. The minimum absolute atomic E-state index is 0.0264. The van der Waals surface area contributed by atoms with Gasteiger partial charge in [-0.25, -0.2) is 13.6 Å². The van der Waals surface area contributed by atoms with Gasteiger partial charge in [-0.15, -0.1) is 11.3 Å². The SMILES string of the molecule is CCOC(=O)c1nn(-c2ccccc2F)c(=O)c2c(NC(=O)COc3ccc(F)cc3)scc12. The number of esters is 1. The number of ether oxygens (including phenoxy) is 2. The molecule has 2 aromatic heterocycles. The van der Waals surface area contributed by atoms with Crippen molar-refractivity contribution >= 4 is 39.0 Å². The highest BCUT2D eigenvalue weighted by Gasteiger charge is 2.24. The van der Waals surface area contributed by atoms with E-state index >= 15 is 0 Å². The molecule has 174 valence electrons. The van der Waals surface area contributed by atoms with Crippen LogP contribution in [0.4, 0.5) is 13.8 Å². The Morgan fingerprint density at radius 1 is 1.12 bits per heavy atom. The maximum atomic E-state index is 14.4. The van der Waals surface area contributed by atoms with Crippen LogP contribution in [0.1, 0.15) is 17.4 Å². The molecule has 0 radical (unpaired) electrons. The minimum Gasteiger partial charge on any atom is -0.484 e. The lowest BCUT2D eigenvalue weighted by Gasteiger charge is -2.10. The summed E-state index contributed by atoms with van der Waals surface area (Å²) in [6.45, 7) is 1.26. The Morgan fingerprint density at radius 3 is 2.56 bits per heavy atom. The number of aromatic nitrogens is 2. The fourth-order valence-corrected chi connectivity index (χ4v) is 4.07. The monoisotopic (exact) mass is 485 g/mol. The van der Waals surface area contributed by atoms with Gasteiger partial charge in [-0.1, -0.05) is 12.1 Å². The number of amides is 1. The highest BCUT2D eigenvalue weighted by molar-refractivity contribution is 7.16. The van der Waals surface area contributed by atoms with E-state index in [0.29, 0.717) is 0 Å². The van der Waals surface area contributed by atoms with E-state index in [1.165, 1.54) is 47.8 Å². The number of carbonyl (C=O) groups excluding carboxylic acids is 2. The molecule has 1 N–H and O–H groups in total. The summed E-state index contributed by atoms with van der Waals surface area (Å²) in [7, 11) is 0. The number of hydrogen-bond acceptors (Lipinski definition) is 7. The fourth-order valence-electron chi connectivity index (χ4n) is 3.12. The molecule has 4 rings (SSSR count). The third-order valence-corrected chi connectivity index (χ3v) is 5.53. The smallest absolute Gasteiger partial charge is 0.359 e. The first kappa shape index (κ1) is 23.1. The van der Waals surface area contributed by atoms with Crippen LogP contribution in [0.25, 0.3) is 16.5 Å². The number of benzene rings is 2. The summed E-state index contributed by atoms with van der Waals surface area (Å²) in [6, 6.07) is 10.6. The van der Waals surface area contributed by atoms with Gasteiger partial charge >= 0.3 is 5.97 Å². The van der Waals surface area contributed by atoms with Crippen molar-refractivity contribution in [1.82, 2.24) is 9.78 Å². The molecule has 0 aliphatic rings. The number of rotatable bonds is 7. The van der Waals surface area contributed by atoms with Gasteiger partial charge in [-0.2, -0.15) is 9.78 Å². The third kappa shape index (κ3) is 4.64. The first-order valence-corrected chi connectivity index (χ1v) is 10.9. The Labute approximate surface area is 195 Å². The summed E-state index contributed by atoms with van der Waals surface area (Å²) in [4.78, 5) is 38.2. The first-order chi connectivity index (χ1) is 16.4. The fraction of sp³-hybridized carbons (Fsp3) is 0.130. The number of halogens is 2. The molecule has 2 aromatic carbocycles. The van der Waals surface area contributed by atoms with Crippen LogP contribution in [-0.2, 0) is 9.53 Å². The van der Waals surface area contributed by atoms with E-state index in [1.807, 2.05) is 0 Å². The summed E-state index contributed by atoms with van der Waals surface area (Å²) in [6.07, 6.45) is 0. The second-order valence-corrected chi connectivity index (χ2v) is 7.76. The van der Waals surface area contributed by atoms with Crippen LogP contribution in [0.3, 0.4) is 0 Å². The molecular formula is C23H17F2N3O5S. The molecule has 0 bridgehead atoms. The molecule has 0 saturated carbocycles. The lowest BCUT2D eigenvalue weighted by Crippen LogP contribution is -2.27. The lowest BCUT2D eigenvalue weighted by molar-refractivity contribution is -0.118. The molecule has 0 aliphatic heterocycles. The normalized spacial score (nSPS) is 10.8. The van der Waals surface area contributed by atoms with Crippen molar-refractivity contribution in [3.63, 3.8) is 0 Å². The molecular weight excluding hydrogens is 468 g/mol. The van der Waals surface area contributed by atoms with Crippen LogP contribution < -0.4 is 15.6 Å². The predicted octanol–water partition coefficient (Wildman–Crippen LogP) is 3.92. The molecule has 0 spiro atoms. The van der Waals surface area contributed by atoms with Gasteiger partial charge in [0.25, 0.3) is 11.5 Å². The van der Waals surface area contributed by atoms with E-state index in [9.17, 15) is 23.2 Å². The zero-order chi connectivity index (χ0) is 24.2. The highest BCUT2D eigenvalue weighted by atomic mass is 32.1. The molecule has 4 aromatic rings. The van der Waals surface area contributed by atoms with E-state index in [-0.39, 0.29) is 39.5 Å². The highest BCUT2D eigenvalue weighted by Crippen LogP contribution is 2.31. The number of carbonyl (C=O) groups is 2. The molecule has 0 unspecified atom stereocenters. The number of anilines is 1. The van der Waals surface area contributed by atoms with Crippen molar-refractivity contribution in [3.8, 4) is 11.4 Å². The average molecular weight is 485 g/mol. The van der Waals surface area contributed by atoms with Crippen molar-refractivity contribution in [3.05, 3.63) is 81.6 Å². The van der Waals surface area contributed by atoms with Gasteiger partial charge in [-0.3, -0.25) is 9.59 Å². The van der Waals surface area contributed by atoms with Gasteiger partial charge < -0.3 is 14.8 Å². The summed E-state index contributed by atoms with van der Waals surface area (Å²) < 4.78 is 38.6. The molecule has 8 nitrogen and oxygen atoms in total. The molecule has 34 heavy (non-hydrogen) atoms. The van der Waals surface area contributed by atoms with Crippen LogP contribution in [0.5, 0.6) is 5.75 Å². The molecule has 2 heterocycles. The van der Waals surface area contributed by atoms with E-state index < -0.39 is 35.7 Å². The second-order valence-electron chi connectivity index (χ2n) is 6.88. The molecule has 0 atom stereocenters. The number of fused-ring (bicyclic) bond motifs is 1. The van der Waals surface area contributed by atoms with Gasteiger partial charge in [0, 0.05) is 10.8 Å². The molecule has 0 fully saturated rings. The zero-order valence-electron chi connectivity index (χ0n) is 17.7. The van der Waals surface area contributed by atoms with Gasteiger partial charge in [-0.05, 0) is 43.3 Å². The predicted molar refractivity (Wildman–Crippen MR) is 122 cm³/mol. The zero-order valence-corrected chi connectivity index (χ0v) is 18.5. The topological polar surface area (TPSA) is 99.5 Å².